The summed E-state index contributed by atoms with van der Waals surface area (Å²) in [7, 11) is -3.60. The molecule has 0 aliphatic carbocycles. The fourth-order valence-corrected chi connectivity index (χ4v) is 4.17. The van der Waals surface area contributed by atoms with Crippen LogP contribution in [0.15, 0.2) is 42.5 Å². The molecule has 6 heteroatoms. The molecular weight excluding hydrogens is 396 g/mol. The highest BCUT2D eigenvalue weighted by Crippen LogP contribution is 2.26. The van der Waals surface area contributed by atoms with Crippen LogP contribution in [0.2, 0.25) is 0 Å². The van der Waals surface area contributed by atoms with Gasteiger partial charge in [0, 0.05) is 6.54 Å². The van der Waals surface area contributed by atoms with Crippen molar-refractivity contribution in [1.82, 2.24) is 5.32 Å². The first-order chi connectivity index (χ1) is 14.0. The van der Waals surface area contributed by atoms with Gasteiger partial charge in [-0.2, -0.15) is 0 Å². The number of hydrogen-bond donors (Lipinski definition) is 1. The third-order valence-electron chi connectivity index (χ3n) is 5.24. The van der Waals surface area contributed by atoms with Gasteiger partial charge >= 0.3 is 0 Å². The van der Waals surface area contributed by atoms with Crippen molar-refractivity contribution in [1.29, 1.82) is 0 Å². The first-order valence-corrected chi connectivity index (χ1v) is 12.3. The highest BCUT2D eigenvalue weighted by molar-refractivity contribution is 7.92. The number of anilines is 1. The molecule has 0 spiro atoms. The number of hydrogen-bond acceptors (Lipinski definition) is 3. The van der Waals surface area contributed by atoms with Gasteiger partial charge in [0.05, 0.1) is 11.9 Å². The van der Waals surface area contributed by atoms with E-state index in [-0.39, 0.29) is 17.9 Å². The minimum Gasteiger partial charge on any atom is -0.350 e. The van der Waals surface area contributed by atoms with E-state index in [0.29, 0.717) is 12.2 Å². The highest BCUT2D eigenvalue weighted by Gasteiger charge is 2.22. The van der Waals surface area contributed by atoms with E-state index in [1.807, 2.05) is 12.1 Å². The summed E-state index contributed by atoms with van der Waals surface area (Å²) in [5.74, 6) is -0.329. The zero-order valence-electron chi connectivity index (χ0n) is 19.0. The summed E-state index contributed by atoms with van der Waals surface area (Å²) in [5.41, 5.74) is 5.04. The maximum Gasteiger partial charge on any atom is 0.241 e. The topological polar surface area (TPSA) is 66.5 Å². The zero-order chi connectivity index (χ0) is 22.5. The number of carbonyl (C=O) groups excluding carboxylic acids is 1. The standard InChI is InChI=1S/C24H34N2O3S/c1-7-18-9-10-19(8-2)20(15-18)16-25-23(27)17-26(30(6,28)29)22-13-11-21(12-14-22)24(3,4)5/h9-15H,7-8,16-17H2,1-6H3,(H,25,27). The SMILES string of the molecule is CCc1ccc(CC)c(CNC(=O)CN(c2ccc(C(C)(C)C)cc2)S(C)(=O)=O)c1. The minimum atomic E-state index is -3.60. The molecule has 2 aromatic carbocycles. The van der Waals surface area contributed by atoms with Crippen LogP contribution in [-0.4, -0.2) is 27.1 Å². The van der Waals surface area contributed by atoms with E-state index in [1.54, 1.807) is 12.1 Å². The van der Waals surface area contributed by atoms with Crippen molar-refractivity contribution in [3.05, 3.63) is 64.7 Å². The Labute approximate surface area is 181 Å². The molecule has 0 aliphatic heterocycles. The normalized spacial score (nSPS) is 11.9. The van der Waals surface area contributed by atoms with Crippen LogP contribution in [-0.2, 0) is 39.6 Å². The Balaban J connectivity index is 2.15. The Morgan fingerprint density at radius 2 is 1.60 bits per heavy atom. The molecule has 0 fully saturated rings. The summed E-state index contributed by atoms with van der Waals surface area (Å²) in [6.45, 7) is 10.6. The van der Waals surface area contributed by atoms with Gasteiger partial charge in [0.15, 0.2) is 0 Å². The average molecular weight is 431 g/mol. The van der Waals surface area contributed by atoms with Gasteiger partial charge in [0.25, 0.3) is 0 Å². The van der Waals surface area contributed by atoms with E-state index >= 15 is 0 Å². The molecule has 2 rings (SSSR count). The Morgan fingerprint density at radius 3 is 2.10 bits per heavy atom. The molecule has 1 N–H and O–H groups in total. The Kier molecular flexibility index (Phi) is 7.70. The second-order valence-electron chi connectivity index (χ2n) is 8.65. The summed E-state index contributed by atoms with van der Waals surface area (Å²) in [6, 6.07) is 13.7. The lowest BCUT2D eigenvalue weighted by Crippen LogP contribution is -2.40. The lowest BCUT2D eigenvalue weighted by atomic mass is 9.87. The number of rotatable bonds is 8. The van der Waals surface area contributed by atoms with Crippen LogP contribution in [0.4, 0.5) is 5.69 Å². The van der Waals surface area contributed by atoms with Gasteiger partial charge < -0.3 is 5.32 Å². The maximum absolute atomic E-state index is 12.6. The van der Waals surface area contributed by atoms with Crippen molar-refractivity contribution < 1.29 is 13.2 Å². The first kappa shape index (κ1) is 23.9. The predicted molar refractivity (Wildman–Crippen MR) is 124 cm³/mol. The summed E-state index contributed by atoms with van der Waals surface area (Å²) >= 11 is 0. The molecule has 0 radical (unpaired) electrons. The van der Waals surface area contributed by atoms with Gasteiger partial charge in [-0.1, -0.05) is 65.0 Å². The van der Waals surface area contributed by atoms with Gasteiger partial charge in [-0.25, -0.2) is 8.42 Å². The van der Waals surface area contributed by atoms with Crippen LogP contribution in [0.3, 0.4) is 0 Å². The van der Waals surface area contributed by atoms with E-state index in [4.69, 9.17) is 0 Å². The van der Waals surface area contributed by atoms with Crippen molar-refractivity contribution in [2.45, 2.75) is 59.4 Å². The molecule has 0 saturated heterocycles. The van der Waals surface area contributed by atoms with E-state index in [2.05, 4.69) is 58.1 Å². The van der Waals surface area contributed by atoms with Crippen LogP contribution in [0.5, 0.6) is 0 Å². The van der Waals surface area contributed by atoms with Gasteiger partial charge in [-0.15, -0.1) is 0 Å². The Bertz CT molecular complexity index is 975. The number of aryl methyl sites for hydroxylation is 2. The molecule has 0 heterocycles. The smallest absolute Gasteiger partial charge is 0.241 e. The fraction of sp³-hybridized carbons (Fsp3) is 0.458. The number of amides is 1. The van der Waals surface area contributed by atoms with Crippen LogP contribution in [0.25, 0.3) is 0 Å². The van der Waals surface area contributed by atoms with E-state index in [1.165, 1.54) is 11.1 Å². The van der Waals surface area contributed by atoms with E-state index in [0.717, 1.165) is 34.5 Å². The molecule has 0 aromatic heterocycles. The number of benzene rings is 2. The third-order valence-corrected chi connectivity index (χ3v) is 6.39. The van der Waals surface area contributed by atoms with Gasteiger partial charge in [0.2, 0.25) is 15.9 Å². The predicted octanol–water partition coefficient (Wildman–Crippen LogP) is 4.19. The van der Waals surface area contributed by atoms with Crippen LogP contribution < -0.4 is 9.62 Å². The molecule has 164 valence electrons. The molecule has 1 amide bonds. The lowest BCUT2D eigenvalue weighted by molar-refractivity contribution is -0.119. The zero-order valence-corrected chi connectivity index (χ0v) is 19.8. The lowest BCUT2D eigenvalue weighted by Gasteiger charge is -2.24. The van der Waals surface area contributed by atoms with Crippen LogP contribution in [0.1, 0.15) is 56.9 Å². The number of carbonyl (C=O) groups is 1. The molecular formula is C24H34N2O3S. The fourth-order valence-electron chi connectivity index (χ4n) is 3.32. The number of sulfonamides is 1. The number of nitrogens with one attached hydrogen (secondary N) is 1. The van der Waals surface area contributed by atoms with Crippen molar-refractivity contribution in [2.24, 2.45) is 0 Å². The summed E-state index contributed by atoms with van der Waals surface area (Å²) < 4.78 is 25.9. The quantitative estimate of drug-likeness (QED) is 0.683. The summed E-state index contributed by atoms with van der Waals surface area (Å²) in [5, 5.41) is 2.89. The second-order valence-corrected chi connectivity index (χ2v) is 10.6. The van der Waals surface area contributed by atoms with Gasteiger partial charge in [-0.05, 0) is 52.6 Å². The number of nitrogens with zero attached hydrogens (tertiary/aromatic N) is 1. The van der Waals surface area contributed by atoms with Crippen molar-refractivity contribution in [2.75, 3.05) is 17.1 Å². The molecule has 2 aromatic rings. The average Bonchev–Trinajstić information content (AvgIpc) is 2.68. The molecule has 30 heavy (non-hydrogen) atoms. The third kappa shape index (κ3) is 6.33. The van der Waals surface area contributed by atoms with Crippen molar-refractivity contribution >= 4 is 21.6 Å². The maximum atomic E-state index is 12.6. The molecule has 0 aliphatic rings. The summed E-state index contributed by atoms with van der Waals surface area (Å²) in [6.07, 6.45) is 2.93. The molecule has 0 bridgehead atoms. The minimum absolute atomic E-state index is 0.0319. The van der Waals surface area contributed by atoms with Gasteiger partial charge in [0.1, 0.15) is 6.54 Å². The van der Waals surface area contributed by atoms with E-state index < -0.39 is 10.0 Å². The second kappa shape index (κ2) is 9.65. The highest BCUT2D eigenvalue weighted by atomic mass is 32.2. The van der Waals surface area contributed by atoms with Crippen LogP contribution >= 0.6 is 0 Å². The van der Waals surface area contributed by atoms with Gasteiger partial charge in [-0.3, -0.25) is 9.10 Å². The molecule has 5 nitrogen and oxygen atoms in total. The largest absolute Gasteiger partial charge is 0.350 e. The Hall–Kier alpha value is -2.34. The molecule has 0 unspecified atom stereocenters. The van der Waals surface area contributed by atoms with Crippen LogP contribution in [0, 0.1) is 0 Å². The monoisotopic (exact) mass is 430 g/mol. The van der Waals surface area contributed by atoms with Crippen molar-refractivity contribution in [3.8, 4) is 0 Å². The molecule has 0 atom stereocenters. The summed E-state index contributed by atoms with van der Waals surface area (Å²) in [4.78, 5) is 12.6. The van der Waals surface area contributed by atoms with E-state index in [9.17, 15) is 13.2 Å². The Morgan fingerprint density at radius 1 is 0.967 bits per heavy atom. The first-order valence-electron chi connectivity index (χ1n) is 10.4. The van der Waals surface area contributed by atoms with Crippen molar-refractivity contribution in [3.63, 3.8) is 0 Å². The molecule has 0 saturated carbocycles.